The van der Waals surface area contributed by atoms with Crippen molar-refractivity contribution in [2.75, 3.05) is 6.54 Å². The van der Waals surface area contributed by atoms with Gasteiger partial charge in [-0.25, -0.2) is 13.1 Å². The van der Waals surface area contributed by atoms with Gasteiger partial charge in [-0.05, 0) is 48.4 Å². The first-order chi connectivity index (χ1) is 18.0. The molecule has 1 heterocycles. The largest absolute Gasteiger partial charge is 0.361 e. The number of nitrogens with zero attached hydrogens (tertiary/aromatic N) is 1. The highest BCUT2D eigenvalue weighted by Crippen LogP contribution is 2.30. The highest BCUT2D eigenvalue weighted by molar-refractivity contribution is 9.10. The summed E-state index contributed by atoms with van der Waals surface area (Å²) >= 11 is 15.4. The Morgan fingerprint density at radius 1 is 1.08 bits per heavy atom. The third kappa shape index (κ3) is 6.72. The molecule has 0 aliphatic carbocycles. The van der Waals surface area contributed by atoms with Crippen LogP contribution in [-0.4, -0.2) is 30.8 Å². The van der Waals surface area contributed by atoms with E-state index in [-0.39, 0.29) is 39.2 Å². The molecule has 0 fully saturated rings. The number of para-hydroxylation sites is 1. The lowest BCUT2D eigenvalue weighted by molar-refractivity contribution is -0.385. The molecule has 0 radical (unpaired) electrons. The van der Waals surface area contributed by atoms with Crippen molar-refractivity contribution in [2.24, 2.45) is 0 Å². The Hall–Kier alpha value is -2.96. The maximum absolute atomic E-state index is 13.2. The number of aromatic amines is 1. The number of hydrogen-bond acceptors (Lipinski definition) is 5. The summed E-state index contributed by atoms with van der Waals surface area (Å²) in [5, 5.41) is 15.7. The molecule has 38 heavy (non-hydrogen) atoms. The Morgan fingerprint density at radius 2 is 1.79 bits per heavy atom. The molecule has 198 valence electrons. The van der Waals surface area contributed by atoms with E-state index in [1.807, 2.05) is 24.4 Å². The number of rotatable bonds is 10. The van der Waals surface area contributed by atoms with Crippen LogP contribution in [0, 0.1) is 10.1 Å². The summed E-state index contributed by atoms with van der Waals surface area (Å²) < 4.78 is 29.7. The molecule has 0 saturated heterocycles. The molecule has 0 aliphatic heterocycles. The predicted molar refractivity (Wildman–Crippen MR) is 150 cm³/mol. The molecule has 0 saturated carbocycles. The van der Waals surface area contributed by atoms with Crippen molar-refractivity contribution in [3.05, 3.63) is 103 Å². The standard InChI is InChI=1S/C25H21BrCl2N4O5S/c26-16-5-6-22-21(9-16)15(14-30-22)7-8-29-25(33)13-23(20-3-1-2-4-24(20)32(34)35)31-38(36,37)19-11-17(27)10-18(28)12-19/h1-6,9-12,14,23,30-31H,7-8,13H2,(H,29,33). The van der Waals surface area contributed by atoms with Crippen molar-refractivity contribution >= 4 is 71.7 Å². The Kier molecular flexibility index (Phi) is 8.74. The minimum absolute atomic E-state index is 0.0471. The van der Waals surface area contributed by atoms with Crippen molar-refractivity contribution in [1.82, 2.24) is 15.0 Å². The van der Waals surface area contributed by atoms with E-state index in [2.05, 4.69) is 31.0 Å². The fraction of sp³-hybridized carbons (Fsp3) is 0.160. The van der Waals surface area contributed by atoms with E-state index in [1.165, 1.54) is 42.5 Å². The Bertz CT molecular complexity index is 1610. The van der Waals surface area contributed by atoms with Gasteiger partial charge < -0.3 is 10.3 Å². The fourth-order valence-electron chi connectivity index (χ4n) is 4.05. The lowest BCUT2D eigenvalue weighted by Crippen LogP contribution is -2.34. The number of benzene rings is 3. The van der Waals surface area contributed by atoms with Crippen LogP contribution in [0.25, 0.3) is 10.9 Å². The quantitative estimate of drug-likeness (QED) is 0.146. The highest BCUT2D eigenvalue weighted by Gasteiger charge is 2.29. The fourth-order valence-corrected chi connectivity index (χ4v) is 6.36. The number of hydrogen-bond donors (Lipinski definition) is 3. The van der Waals surface area contributed by atoms with Crippen LogP contribution >= 0.6 is 39.1 Å². The molecule has 1 atom stereocenters. The summed E-state index contributed by atoms with van der Waals surface area (Å²) in [7, 11) is -4.26. The molecular formula is C25H21BrCl2N4O5S. The van der Waals surface area contributed by atoms with Crippen LogP contribution in [0.5, 0.6) is 0 Å². The topological polar surface area (TPSA) is 134 Å². The van der Waals surface area contributed by atoms with Gasteiger partial charge in [-0.1, -0.05) is 57.3 Å². The molecular weight excluding hydrogens is 619 g/mol. The SMILES string of the molecule is O=C(CC(NS(=O)(=O)c1cc(Cl)cc(Cl)c1)c1ccccc1[N+](=O)[O-])NCCc1c[nH]c2ccc(Br)cc12. The first-order valence-electron chi connectivity index (χ1n) is 11.3. The number of H-pyrrole nitrogens is 1. The van der Waals surface area contributed by atoms with Crippen LogP contribution in [-0.2, 0) is 21.2 Å². The Balaban J connectivity index is 1.54. The van der Waals surface area contributed by atoms with Gasteiger partial charge in [0.25, 0.3) is 5.69 Å². The monoisotopic (exact) mass is 638 g/mol. The van der Waals surface area contributed by atoms with Crippen LogP contribution < -0.4 is 10.0 Å². The van der Waals surface area contributed by atoms with Gasteiger partial charge in [-0.3, -0.25) is 14.9 Å². The number of fused-ring (bicyclic) bond motifs is 1. The number of nitro groups is 1. The minimum Gasteiger partial charge on any atom is -0.361 e. The summed E-state index contributed by atoms with van der Waals surface area (Å²) in [6, 6.07) is 14.0. The summed E-state index contributed by atoms with van der Waals surface area (Å²) in [5.41, 5.74) is 1.68. The molecule has 1 amide bonds. The molecule has 3 aromatic carbocycles. The third-order valence-corrected chi connectivity index (χ3v) is 8.17. The van der Waals surface area contributed by atoms with Crippen molar-refractivity contribution in [3.63, 3.8) is 0 Å². The maximum atomic E-state index is 13.2. The van der Waals surface area contributed by atoms with Crippen LogP contribution in [0.4, 0.5) is 5.69 Å². The molecule has 4 aromatic rings. The molecule has 9 nitrogen and oxygen atoms in total. The van der Waals surface area contributed by atoms with E-state index in [4.69, 9.17) is 23.2 Å². The van der Waals surface area contributed by atoms with Gasteiger partial charge in [-0.2, -0.15) is 0 Å². The van der Waals surface area contributed by atoms with Crippen LogP contribution in [0.15, 0.2) is 76.2 Å². The number of carbonyl (C=O) groups is 1. The molecule has 13 heteroatoms. The molecule has 0 bridgehead atoms. The van der Waals surface area contributed by atoms with Crippen molar-refractivity contribution < 1.29 is 18.1 Å². The van der Waals surface area contributed by atoms with Gasteiger partial charge in [0, 0.05) is 56.2 Å². The van der Waals surface area contributed by atoms with Crippen LogP contribution in [0.3, 0.4) is 0 Å². The number of amides is 1. The number of carbonyl (C=O) groups excluding carboxylic acids is 1. The predicted octanol–water partition coefficient (Wildman–Crippen LogP) is 5.91. The second-order valence-electron chi connectivity index (χ2n) is 8.40. The lowest BCUT2D eigenvalue weighted by Gasteiger charge is -2.19. The van der Waals surface area contributed by atoms with Crippen LogP contribution in [0.1, 0.15) is 23.6 Å². The lowest BCUT2D eigenvalue weighted by atomic mass is 10.0. The smallest absolute Gasteiger partial charge is 0.274 e. The van der Waals surface area contributed by atoms with E-state index in [0.717, 1.165) is 20.9 Å². The maximum Gasteiger partial charge on any atom is 0.274 e. The van der Waals surface area contributed by atoms with Gasteiger partial charge in [0.2, 0.25) is 15.9 Å². The average Bonchev–Trinajstić information content (AvgIpc) is 3.25. The van der Waals surface area contributed by atoms with Crippen molar-refractivity contribution in [1.29, 1.82) is 0 Å². The van der Waals surface area contributed by atoms with E-state index in [9.17, 15) is 23.3 Å². The third-order valence-electron chi connectivity index (χ3n) is 5.79. The second kappa shape index (κ2) is 11.8. The molecule has 1 aromatic heterocycles. The number of halogens is 3. The number of nitro benzene ring substituents is 1. The number of aromatic nitrogens is 1. The number of nitrogens with one attached hydrogen (secondary N) is 3. The second-order valence-corrected chi connectivity index (χ2v) is 11.9. The summed E-state index contributed by atoms with van der Waals surface area (Å²) in [6.45, 7) is 0.276. The van der Waals surface area contributed by atoms with Crippen LogP contribution in [0.2, 0.25) is 10.0 Å². The van der Waals surface area contributed by atoms with E-state index < -0.39 is 26.9 Å². The molecule has 0 aliphatic rings. The molecule has 3 N–H and O–H groups in total. The van der Waals surface area contributed by atoms with Gasteiger partial charge >= 0.3 is 0 Å². The first-order valence-corrected chi connectivity index (χ1v) is 14.3. The van der Waals surface area contributed by atoms with Gasteiger partial charge in [0.1, 0.15) is 0 Å². The first kappa shape index (κ1) is 28.1. The van der Waals surface area contributed by atoms with Crippen molar-refractivity contribution in [3.8, 4) is 0 Å². The molecule has 1 unspecified atom stereocenters. The summed E-state index contributed by atoms with van der Waals surface area (Å²) in [4.78, 5) is 26.9. The highest BCUT2D eigenvalue weighted by atomic mass is 79.9. The minimum atomic E-state index is -4.26. The Labute approximate surface area is 236 Å². The van der Waals surface area contributed by atoms with E-state index in [1.54, 1.807) is 0 Å². The van der Waals surface area contributed by atoms with Gasteiger partial charge in [0.05, 0.1) is 15.9 Å². The normalized spacial score (nSPS) is 12.4. The zero-order chi connectivity index (χ0) is 27.4. The zero-order valence-electron chi connectivity index (χ0n) is 19.6. The average molecular weight is 640 g/mol. The van der Waals surface area contributed by atoms with E-state index in [0.29, 0.717) is 6.42 Å². The summed E-state index contributed by atoms with van der Waals surface area (Å²) in [6.07, 6.45) is 2.01. The zero-order valence-corrected chi connectivity index (χ0v) is 23.5. The van der Waals surface area contributed by atoms with Gasteiger partial charge in [0.15, 0.2) is 0 Å². The van der Waals surface area contributed by atoms with E-state index >= 15 is 0 Å². The summed E-state index contributed by atoms with van der Waals surface area (Å²) in [5.74, 6) is -0.485. The Morgan fingerprint density at radius 3 is 2.50 bits per heavy atom. The number of sulfonamides is 1. The van der Waals surface area contributed by atoms with Gasteiger partial charge in [-0.15, -0.1) is 0 Å². The van der Waals surface area contributed by atoms with Crippen molar-refractivity contribution in [2.45, 2.75) is 23.8 Å². The molecule has 4 rings (SSSR count). The molecule has 0 spiro atoms.